The number of carboxylic acids is 1. The van der Waals surface area contributed by atoms with E-state index in [1.807, 2.05) is 30.3 Å². The van der Waals surface area contributed by atoms with Gasteiger partial charge in [-0.2, -0.15) is 0 Å². The third-order valence-corrected chi connectivity index (χ3v) is 7.26. The van der Waals surface area contributed by atoms with Crippen molar-refractivity contribution in [2.75, 3.05) is 0 Å². The number of carbonyl (C=O) groups is 1. The lowest BCUT2D eigenvalue weighted by molar-refractivity contribution is -0.139. The lowest BCUT2D eigenvalue weighted by Gasteiger charge is -2.32. The predicted octanol–water partition coefficient (Wildman–Crippen LogP) is 3.54. The molecule has 5 rings (SSSR count). The summed E-state index contributed by atoms with van der Waals surface area (Å²) in [7, 11) is -0.385. The van der Waals surface area contributed by atoms with Gasteiger partial charge in [0.1, 0.15) is 12.4 Å². The Bertz CT molecular complexity index is 998. The summed E-state index contributed by atoms with van der Waals surface area (Å²) < 4.78 is 18.3. The van der Waals surface area contributed by atoms with Crippen molar-refractivity contribution in [3.63, 3.8) is 0 Å². The van der Waals surface area contributed by atoms with Gasteiger partial charge in [-0.1, -0.05) is 30.3 Å². The molecule has 3 aliphatic rings. The number of carboxylic acid groups (broad SMARTS) is 1. The number of benzene rings is 2. The van der Waals surface area contributed by atoms with Gasteiger partial charge < -0.3 is 19.2 Å². The number of aliphatic carboxylic acids is 1. The molecule has 3 atom stereocenters. The van der Waals surface area contributed by atoms with Crippen LogP contribution in [0.15, 0.2) is 42.5 Å². The van der Waals surface area contributed by atoms with E-state index in [0.717, 1.165) is 23.2 Å². The first-order valence-corrected chi connectivity index (χ1v) is 10.6. The fourth-order valence-electron chi connectivity index (χ4n) is 4.79. The van der Waals surface area contributed by atoms with Gasteiger partial charge in [0.25, 0.3) is 0 Å². The second kappa shape index (κ2) is 6.60. The van der Waals surface area contributed by atoms with Crippen molar-refractivity contribution >= 4 is 18.6 Å². The van der Waals surface area contributed by atoms with Crippen LogP contribution in [0.4, 0.5) is 0 Å². The fraction of sp³-hybridized carbons (Fsp3) is 0.458. The minimum absolute atomic E-state index is 0.193. The predicted molar refractivity (Wildman–Crippen MR) is 114 cm³/mol. The maximum Gasteiger partial charge on any atom is 0.494 e. The zero-order valence-electron chi connectivity index (χ0n) is 17.8. The summed E-state index contributed by atoms with van der Waals surface area (Å²) in [6, 6.07) is 14.2. The van der Waals surface area contributed by atoms with Crippen LogP contribution in [0.5, 0.6) is 5.75 Å². The molecular formula is C24H27BO5. The van der Waals surface area contributed by atoms with Gasteiger partial charge in [-0.25, -0.2) is 0 Å². The van der Waals surface area contributed by atoms with E-state index in [2.05, 4.69) is 39.8 Å². The third kappa shape index (κ3) is 3.14. The highest BCUT2D eigenvalue weighted by molar-refractivity contribution is 6.62. The van der Waals surface area contributed by atoms with Crippen molar-refractivity contribution < 1.29 is 23.9 Å². The van der Waals surface area contributed by atoms with E-state index >= 15 is 0 Å². The first-order chi connectivity index (χ1) is 14.2. The van der Waals surface area contributed by atoms with E-state index in [4.69, 9.17) is 14.0 Å². The van der Waals surface area contributed by atoms with Crippen LogP contribution < -0.4 is 10.2 Å². The highest BCUT2D eigenvalue weighted by atomic mass is 16.7. The quantitative estimate of drug-likeness (QED) is 0.770. The molecule has 1 aliphatic heterocycles. The van der Waals surface area contributed by atoms with Crippen LogP contribution in [0, 0.1) is 11.8 Å². The standard InChI is InChI=1S/C24H27BO5/c1-23(2)24(3,4)30-25(29-23)16-7-5-6-14(10-16)13-28-17-8-9-18-15(11-17)12-19-20(18)21(19)22(26)27/h5-11,19-21H,12-13H2,1-4H3,(H,26,27)/t19-,20+,21+/m1/s1. The summed E-state index contributed by atoms with van der Waals surface area (Å²) in [4.78, 5) is 11.3. The molecule has 0 aromatic heterocycles. The average Bonchev–Trinajstić information content (AvgIpc) is 3.20. The number of hydrogen-bond acceptors (Lipinski definition) is 4. The molecule has 2 fully saturated rings. The molecule has 0 radical (unpaired) electrons. The van der Waals surface area contributed by atoms with Crippen LogP contribution in [-0.4, -0.2) is 29.4 Å². The zero-order chi connectivity index (χ0) is 21.3. The van der Waals surface area contributed by atoms with Crippen molar-refractivity contribution in [1.82, 2.24) is 0 Å². The van der Waals surface area contributed by atoms with Crippen LogP contribution in [0.25, 0.3) is 0 Å². The maximum absolute atomic E-state index is 11.3. The molecule has 1 saturated carbocycles. The molecule has 1 N–H and O–H groups in total. The van der Waals surface area contributed by atoms with Crippen LogP contribution in [0.2, 0.25) is 0 Å². The topological polar surface area (TPSA) is 65.0 Å². The third-order valence-electron chi connectivity index (χ3n) is 7.26. The van der Waals surface area contributed by atoms with E-state index in [1.165, 1.54) is 11.1 Å². The molecule has 6 heteroatoms. The highest BCUT2D eigenvalue weighted by Gasteiger charge is 2.59. The first kappa shape index (κ1) is 19.6. The Balaban J connectivity index is 1.25. The van der Waals surface area contributed by atoms with Gasteiger partial charge in [0, 0.05) is 5.92 Å². The summed E-state index contributed by atoms with van der Waals surface area (Å²) in [5.74, 6) is 0.426. The molecule has 0 unspecified atom stereocenters. The van der Waals surface area contributed by atoms with Crippen LogP contribution in [-0.2, 0) is 27.1 Å². The normalized spacial score (nSPS) is 27.5. The number of hydrogen-bond donors (Lipinski definition) is 1. The second-order valence-electron chi connectivity index (χ2n) is 9.74. The molecule has 2 aromatic rings. The van der Waals surface area contributed by atoms with E-state index in [0.29, 0.717) is 6.61 Å². The van der Waals surface area contributed by atoms with Crippen LogP contribution in [0.1, 0.15) is 50.3 Å². The molecule has 0 bridgehead atoms. The molecule has 156 valence electrons. The van der Waals surface area contributed by atoms with Crippen LogP contribution >= 0.6 is 0 Å². The van der Waals surface area contributed by atoms with E-state index < -0.39 is 5.97 Å². The first-order valence-electron chi connectivity index (χ1n) is 10.6. The highest BCUT2D eigenvalue weighted by Crippen LogP contribution is 2.61. The Morgan fingerprint density at radius 2 is 1.87 bits per heavy atom. The van der Waals surface area contributed by atoms with Crippen molar-refractivity contribution in [1.29, 1.82) is 0 Å². The Labute approximate surface area is 177 Å². The maximum atomic E-state index is 11.3. The van der Waals surface area contributed by atoms with Crippen LogP contribution in [0.3, 0.4) is 0 Å². The average molecular weight is 406 g/mol. The summed E-state index contributed by atoms with van der Waals surface area (Å²) in [6.45, 7) is 8.66. The molecule has 0 spiro atoms. The number of fused-ring (bicyclic) bond motifs is 3. The molecule has 1 saturated heterocycles. The largest absolute Gasteiger partial charge is 0.494 e. The Hall–Kier alpha value is -2.31. The lowest BCUT2D eigenvalue weighted by atomic mass is 9.78. The van der Waals surface area contributed by atoms with Gasteiger partial charge in [0.05, 0.1) is 17.1 Å². The second-order valence-corrected chi connectivity index (χ2v) is 9.74. The molecule has 5 nitrogen and oxygen atoms in total. The molecular weight excluding hydrogens is 379 g/mol. The molecule has 2 aromatic carbocycles. The molecule has 0 amide bonds. The Morgan fingerprint density at radius 3 is 2.57 bits per heavy atom. The van der Waals surface area contributed by atoms with E-state index in [1.54, 1.807) is 0 Å². The van der Waals surface area contributed by atoms with Gasteiger partial charge in [0.15, 0.2) is 0 Å². The van der Waals surface area contributed by atoms with Crippen molar-refractivity contribution in [2.45, 2.75) is 57.8 Å². The molecule has 2 aliphatic carbocycles. The van der Waals surface area contributed by atoms with Gasteiger partial charge in [-0.15, -0.1) is 0 Å². The summed E-state index contributed by atoms with van der Waals surface area (Å²) in [5.41, 5.74) is 3.72. The van der Waals surface area contributed by atoms with Gasteiger partial charge >= 0.3 is 13.1 Å². The minimum atomic E-state index is -0.669. The fourth-order valence-corrected chi connectivity index (χ4v) is 4.79. The monoisotopic (exact) mass is 406 g/mol. The lowest BCUT2D eigenvalue weighted by Crippen LogP contribution is -2.41. The molecule has 1 heterocycles. The smallest absolute Gasteiger partial charge is 0.489 e. The zero-order valence-corrected chi connectivity index (χ0v) is 17.8. The Kier molecular flexibility index (Phi) is 4.32. The minimum Gasteiger partial charge on any atom is -0.489 e. The number of rotatable bonds is 5. The summed E-state index contributed by atoms with van der Waals surface area (Å²) >= 11 is 0. The SMILES string of the molecule is CC1(C)OB(c2cccc(COc3ccc4c(c3)C[C@H]3[C@H](C(=O)O)[C@@H]43)c2)OC1(C)C. The van der Waals surface area contributed by atoms with Crippen molar-refractivity contribution in [3.05, 3.63) is 59.2 Å². The summed E-state index contributed by atoms with van der Waals surface area (Å²) in [6.07, 6.45) is 0.839. The van der Waals surface area contributed by atoms with E-state index in [9.17, 15) is 9.90 Å². The molecule has 30 heavy (non-hydrogen) atoms. The Morgan fingerprint density at radius 1 is 1.13 bits per heavy atom. The van der Waals surface area contributed by atoms with Crippen molar-refractivity contribution in [3.8, 4) is 5.75 Å². The van der Waals surface area contributed by atoms with Gasteiger partial charge in [-0.3, -0.25) is 4.79 Å². The van der Waals surface area contributed by atoms with E-state index in [-0.39, 0.29) is 36.1 Å². The van der Waals surface area contributed by atoms with Crippen molar-refractivity contribution in [2.24, 2.45) is 11.8 Å². The van der Waals surface area contributed by atoms with Gasteiger partial charge in [-0.05, 0) is 74.3 Å². The van der Waals surface area contributed by atoms with Gasteiger partial charge in [0.2, 0.25) is 0 Å². The number of ether oxygens (including phenoxy) is 1. The summed E-state index contributed by atoms with van der Waals surface area (Å²) in [5, 5.41) is 9.27.